The third-order valence-electron chi connectivity index (χ3n) is 3.92. The second-order valence-electron chi connectivity index (χ2n) is 5.76. The van der Waals surface area contributed by atoms with E-state index in [1.54, 1.807) is 0 Å². The number of carbonyl (C=O) groups is 2. The van der Waals surface area contributed by atoms with Crippen LogP contribution in [-0.2, 0) is 16.1 Å². The number of hydrogen-bond donors (Lipinski definition) is 3. The van der Waals surface area contributed by atoms with E-state index >= 15 is 0 Å². The van der Waals surface area contributed by atoms with Gasteiger partial charge in [0.2, 0.25) is 11.8 Å². The first-order valence-corrected chi connectivity index (χ1v) is 7.69. The molecule has 1 unspecified atom stereocenters. The van der Waals surface area contributed by atoms with Gasteiger partial charge in [-0.2, -0.15) is 0 Å². The fraction of sp³-hybridized carbons (Fsp3) is 0.500. The van der Waals surface area contributed by atoms with E-state index in [-0.39, 0.29) is 17.7 Å². The lowest BCUT2D eigenvalue weighted by Crippen LogP contribution is -2.40. The van der Waals surface area contributed by atoms with Crippen LogP contribution < -0.4 is 16.8 Å². The summed E-state index contributed by atoms with van der Waals surface area (Å²) in [5.74, 6) is -0.318. The molecule has 2 amide bonds. The Bertz CT molecular complexity index is 515. The van der Waals surface area contributed by atoms with Gasteiger partial charge in [0, 0.05) is 31.7 Å². The topological polar surface area (TPSA) is 101 Å². The molecule has 1 fully saturated rings. The van der Waals surface area contributed by atoms with Gasteiger partial charge < -0.3 is 16.8 Å². The number of nitrogens with two attached hydrogens (primary N) is 2. The van der Waals surface area contributed by atoms with Crippen molar-refractivity contribution >= 4 is 17.5 Å². The lowest BCUT2D eigenvalue weighted by molar-refractivity contribution is -0.123. The van der Waals surface area contributed by atoms with Crippen molar-refractivity contribution in [2.75, 3.05) is 25.0 Å². The standard InChI is InChI=1S/C16H24N4O2/c17-8-7-15(21)19-14-5-3-12(4-6-14)10-20-9-1-2-13(11-20)16(18)22/h3-6,13H,1-2,7-11,17H2,(H2,18,22)(H,19,21). The smallest absolute Gasteiger partial charge is 0.225 e. The SMILES string of the molecule is NCCC(=O)Nc1ccc(CN2CCCC(C(N)=O)C2)cc1. The predicted molar refractivity (Wildman–Crippen MR) is 85.9 cm³/mol. The summed E-state index contributed by atoms with van der Waals surface area (Å²) < 4.78 is 0. The lowest BCUT2D eigenvalue weighted by atomic mass is 9.97. The van der Waals surface area contributed by atoms with E-state index in [1.165, 1.54) is 0 Å². The van der Waals surface area contributed by atoms with Gasteiger partial charge in [0.15, 0.2) is 0 Å². The van der Waals surface area contributed by atoms with E-state index in [1.807, 2.05) is 24.3 Å². The molecule has 1 aromatic rings. The zero-order valence-electron chi connectivity index (χ0n) is 12.8. The van der Waals surface area contributed by atoms with Crippen molar-refractivity contribution in [3.05, 3.63) is 29.8 Å². The molecule has 22 heavy (non-hydrogen) atoms. The van der Waals surface area contributed by atoms with Crippen molar-refractivity contribution in [3.8, 4) is 0 Å². The molecule has 1 aliphatic rings. The van der Waals surface area contributed by atoms with Crippen molar-refractivity contribution in [2.24, 2.45) is 17.4 Å². The molecule has 0 bridgehead atoms. The van der Waals surface area contributed by atoms with Crippen molar-refractivity contribution in [1.82, 2.24) is 4.90 Å². The van der Waals surface area contributed by atoms with Gasteiger partial charge in [0.25, 0.3) is 0 Å². The summed E-state index contributed by atoms with van der Waals surface area (Å²) in [5.41, 5.74) is 12.7. The van der Waals surface area contributed by atoms with Crippen LogP contribution >= 0.6 is 0 Å². The van der Waals surface area contributed by atoms with Gasteiger partial charge in [-0.15, -0.1) is 0 Å². The molecule has 0 aliphatic carbocycles. The minimum atomic E-state index is -0.206. The molecular weight excluding hydrogens is 280 g/mol. The van der Waals surface area contributed by atoms with Crippen LogP contribution in [-0.4, -0.2) is 36.3 Å². The maximum atomic E-state index is 11.5. The van der Waals surface area contributed by atoms with Crippen LogP contribution in [0.15, 0.2) is 24.3 Å². The highest BCUT2D eigenvalue weighted by atomic mass is 16.2. The molecule has 2 rings (SSSR count). The number of nitrogens with zero attached hydrogens (tertiary/aromatic N) is 1. The van der Waals surface area contributed by atoms with Crippen molar-refractivity contribution < 1.29 is 9.59 Å². The second-order valence-corrected chi connectivity index (χ2v) is 5.76. The quantitative estimate of drug-likeness (QED) is 0.719. The first kappa shape index (κ1) is 16.5. The maximum absolute atomic E-state index is 11.5. The van der Waals surface area contributed by atoms with Crippen LogP contribution in [0.25, 0.3) is 0 Å². The molecule has 6 nitrogen and oxygen atoms in total. The Morgan fingerprint density at radius 1 is 1.27 bits per heavy atom. The number of likely N-dealkylation sites (tertiary alicyclic amines) is 1. The van der Waals surface area contributed by atoms with Crippen molar-refractivity contribution in [3.63, 3.8) is 0 Å². The molecule has 6 heteroatoms. The molecule has 0 spiro atoms. The maximum Gasteiger partial charge on any atom is 0.225 e. The minimum Gasteiger partial charge on any atom is -0.369 e. The lowest BCUT2D eigenvalue weighted by Gasteiger charge is -2.31. The highest BCUT2D eigenvalue weighted by Gasteiger charge is 2.23. The highest BCUT2D eigenvalue weighted by Crippen LogP contribution is 2.19. The Hall–Kier alpha value is -1.92. The highest BCUT2D eigenvalue weighted by molar-refractivity contribution is 5.90. The van der Waals surface area contributed by atoms with Crippen molar-refractivity contribution in [1.29, 1.82) is 0 Å². The minimum absolute atomic E-state index is 0.0384. The summed E-state index contributed by atoms with van der Waals surface area (Å²) in [7, 11) is 0. The molecular formula is C16H24N4O2. The van der Waals surface area contributed by atoms with Gasteiger partial charge in [0.05, 0.1) is 5.92 Å². The van der Waals surface area contributed by atoms with Crippen LogP contribution in [0.3, 0.4) is 0 Å². The van der Waals surface area contributed by atoms with Crippen LogP contribution in [0.5, 0.6) is 0 Å². The Balaban J connectivity index is 1.88. The zero-order valence-corrected chi connectivity index (χ0v) is 12.8. The Kier molecular flexibility index (Phi) is 5.91. The first-order valence-electron chi connectivity index (χ1n) is 7.69. The Morgan fingerprint density at radius 2 is 2.00 bits per heavy atom. The summed E-state index contributed by atoms with van der Waals surface area (Å²) in [6, 6.07) is 7.76. The number of benzene rings is 1. The Labute approximate surface area is 130 Å². The third kappa shape index (κ3) is 4.82. The van der Waals surface area contributed by atoms with Gasteiger partial charge in [-0.25, -0.2) is 0 Å². The number of carbonyl (C=O) groups excluding carboxylic acids is 2. The monoisotopic (exact) mass is 304 g/mol. The Morgan fingerprint density at radius 3 is 2.64 bits per heavy atom. The summed E-state index contributed by atoms with van der Waals surface area (Å²) in [6.07, 6.45) is 2.21. The van der Waals surface area contributed by atoms with E-state index in [0.29, 0.717) is 13.0 Å². The number of rotatable bonds is 6. The van der Waals surface area contributed by atoms with Crippen LogP contribution in [0.1, 0.15) is 24.8 Å². The van der Waals surface area contributed by atoms with Gasteiger partial charge in [0.1, 0.15) is 0 Å². The second kappa shape index (κ2) is 7.91. The van der Waals surface area contributed by atoms with E-state index in [4.69, 9.17) is 11.5 Å². The summed E-state index contributed by atoms with van der Waals surface area (Å²) >= 11 is 0. The zero-order chi connectivity index (χ0) is 15.9. The van der Waals surface area contributed by atoms with E-state index < -0.39 is 0 Å². The van der Waals surface area contributed by atoms with Gasteiger partial charge in [-0.05, 0) is 37.1 Å². The van der Waals surface area contributed by atoms with E-state index in [2.05, 4.69) is 10.2 Å². The predicted octanol–water partition coefficient (Wildman–Crippen LogP) is 0.671. The molecule has 0 saturated carbocycles. The van der Waals surface area contributed by atoms with Crippen LogP contribution in [0, 0.1) is 5.92 Å². The summed E-state index contributed by atoms with van der Waals surface area (Å²) in [5, 5.41) is 2.80. The molecule has 120 valence electrons. The number of amides is 2. The summed E-state index contributed by atoms with van der Waals surface area (Å²) in [4.78, 5) is 25.0. The van der Waals surface area contributed by atoms with Gasteiger partial charge >= 0.3 is 0 Å². The van der Waals surface area contributed by atoms with E-state index in [9.17, 15) is 9.59 Å². The molecule has 1 aliphatic heterocycles. The average Bonchev–Trinajstić information content (AvgIpc) is 2.50. The third-order valence-corrected chi connectivity index (χ3v) is 3.92. The largest absolute Gasteiger partial charge is 0.369 e. The van der Waals surface area contributed by atoms with Crippen molar-refractivity contribution in [2.45, 2.75) is 25.8 Å². The number of piperidine rings is 1. The molecule has 1 aromatic carbocycles. The number of hydrogen-bond acceptors (Lipinski definition) is 4. The molecule has 1 heterocycles. The number of nitrogens with one attached hydrogen (secondary N) is 1. The number of primary amides is 1. The van der Waals surface area contributed by atoms with E-state index in [0.717, 1.165) is 43.7 Å². The fourth-order valence-electron chi connectivity index (χ4n) is 2.74. The molecule has 1 atom stereocenters. The van der Waals surface area contributed by atoms with Gasteiger partial charge in [-0.3, -0.25) is 14.5 Å². The molecule has 0 radical (unpaired) electrons. The first-order chi connectivity index (χ1) is 10.6. The average molecular weight is 304 g/mol. The molecule has 5 N–H and O–H groups in total. The molecule has 0 aromatic heterocycles. The van der Waals surface area contributed by atoms with Gasteiger partial charge in [-0.1, -0.05) is 12.1 Å². The fourth-order valence-corrected chi connectivity index (χ4v) is 2.74. The number of anilines is 1. The summed E-state index contributed by atoms with van der Waals surface area (Å²) in [6.45, 7) is 2.85. The van der Waals surface area contributed by atoms with Crippen LogP contribution in [0.4, 0.5) is 5.69 Å². The van der Waals surface area contributed by atoms with Crippen LogP contribution in [0.2, 0.25) is 0 Å². The normalized spacial score (nSPS) is 18.9. The molecule has 1 saturated heterocycles.